The molecule has 0 aliphatic heterocycles. The van der Waals surface area contributed by atoms with E-state index in [1.54, 1.807) is 18.6 Å². The summed E-state index contributed by atoms with van der Waals surface area (Å²) in [5, 5.41) is 12.1. The van der Waals surface area contributed by atoms with Gasteiger partial charge in [-0.1, -0.05) is 29.8 Å². The highest BCUT2D eigenvalue weighted by Crippen LogP contribution is 2.28. The average molecular weight is 1060 g/mol. The molecule has 2 aromatic heterocycles. The van der Waals surface area contributed by atoms with Gasteiger partial charge in [-0.3, -0.25) is 24.8 Å². The molecule has 4 aromatic rings. The minimum absolute atomic E-state index is 0.0104. The molecule has 0 saturated carbocycles. The molecule has 2 heterocycles. The number of carbonyl (C=O) groups is 3. The Morgan fingerprint density at radius 2 is 1.59 bits per heavy atom. The Balaban J connectivity index is 0.000000534. The monoisotopic (exact) mass is 1050 g/mol. The quantitative estimate of drug-likeness (QED) is 0.0553. The van der Waals surface area contributed by atoms with Gasteiger partial charge < -0.3 is 28.9 Å². The number of hydrogen-bond acceptors (Lipinski definition) is 15. The van der Waals surface area contributed by atoms with E-state index in [9.17, 15) is 68.2 Å². The molecule has 378 valence electrons. The zero-order valence-corrected chi connectivity index (χ0v) is 40.3. The number of anilines is 1. The van der Waals surface area contributed by atoms with E-state index in [2.05, 4.69) is 39.0 Å². The van der Waals surface area contributed by atoms with Crippen molar-refractivity contribution in [2.24, 2.45) is 7.05 Å². The van der Waals surface area contributed by atoms with Gasteiger partial charge in [-0.15, -0.1) is 0 Å². The van der Waals surface area contributed by atoms with Crippen molar-refractivity contribution in [3.05, 3.63) is 97.0 Å². The first-order valence-corrected chi connectivity index (χ1v) is 24.8. The molecule has 1 unspecified atom stereocenters. The second-order valence-electron chi connectivity index (χ2n) is 14.0. The van der Waals surface area contributed by atoms with Crippen molar-refractivity contribution in [3.63, 3.8) is 0 Å². The van der Waals surface area contributed by atoms with Crippen LogP contribution >= 0.6 is 19.2 Å². The van der Waals surface area contributed by atoms with Gasteiger partial charge >= 0.3 is 42.0 Å². The maximum atomic E-state index is 12.9. The third-order valence-corrected chi connectivity index (χ3v) is 9.66. The van der Waals surface area contributed by atoms with Gasteiger partial charge in [-0.25, -0.2) is 32.1 Å². The zero-order valence-electron chi connectivity index (χ0n) is 37.1. The lowest BCUT2D eigenvalue weighted by Crippen LogP contribution is -2.40. The van der Waals surface area contributed by atoms with Gasteiger partial charge in [-0.2, -0.15) is 41.3 Å². The third-order valence-electron chi connectivity index (χ3n) is 7.27. The van der Waals surface area contributed by atoms with E-state index in [1.807, 2.05) is 5.32 Å². The third kappa shape index (κ3) is 22.0. The molecule has 0 aliphatic rings. The van der Waals surface area contributed by atoms with Crippen molar-refractivity contribution in [1.29, 1.82) is 0 Å². The number of esters is 1. The number of urea groups is 1. The van der Waals surface area contributed by atoms with Crippen LogP contribution in [0.25, 0.3) is 5.69 Å². The van der Waals surface area contributed by atoms with Gasteiger partial charge in [0.25, 0.3) is 15.6 Å². The van der Waals surface area contributed by atoms with Crippen molar-refractivity contribution >= 4 is 64.0 Å². The van der Waals surface area contributed by atoms with Crippen molar-refractivity contribution in [1.82, 2.24) is 34.1 Å². The summed E-state index contributed by atoms with van der Waals surface area (Å²) in [6.07, 6.45) is -5.62. The van der Waals surface area contributed by atoms with E-state index in [0.29, 0.717) is 26.1 Å². The summed E-state index contributed by atoms with van der Waals surface area (Å²) in [6.45, 7) is 4.26. The number of aromatic nitrogens is 5. The molecular weight excluding hydrogens is 1010 g/mol. The van der Waals surface area contributed by atoms with E-state index < -0.39 is 102 Å². The van der Waals surface area contributed by atoms with Gasteiger partial charge in [0, 0.05) is 19.5 Å². The number of rotatable bonds is 13. The largest absolute Gasteiger partial charge is 0.778 e. The number of amides is 2. The number of carboxylic acids is 1. The molecular formula is C37H46ClF6N8O13PS2. The molecule has 0 saturated heterocycles. The Morgan fingerprint density at radius 3 is 2.10 bits per heavy atom. The lowest BCUT2D eigenvalue weighted by Gasteiger charge is -2.15. The number of benzene rings is 2. The number of nitrogens with zero attached hydrogens (tertiary/aromatic N) is 5. The van der Waals surface area contributed by atoms with Crippen LogP contribution in [0.1, 0.15) is 47.7 Å². The van der Waals surface area contributed by atoms with Crippen LogP contribution in [-0.4, -0.2) is 111 Å². The molecule has 0 spiro atoms. The Kier molecular flexibility index (Phi) is 23.3. The molecule has 21 nitrogen and oxygen atoms in total. The highest BCUT2D eigenvalue weighted by Gasteiger charge is 2.35. The SMILES string of the molecule is CC(C)OC(=O)c1cc(-n2c(=O)cc(C(F)(F)F)n(C)c2=O)ccc1Cl.COc1nc(C)nc(NC(=O)NS(=O)(=O)c2ccccc2CCC(F)(F)F)n1.C[S+](C)C.O=C(O)CNCP(=O)([O-])O. The number of alkyl halides is 6. The number of sulfonamides is 1. The van der Waals surface area contributed by atoms with Gasteiger partial charge in [0.2, 0.25) is 5.95 Å². The highest BCUT2D eigenvalue weighted by atomic mass is 35.5. The van der Waals surface area contributed by atoms with E-state index >= 15 is 0 Å². The summed E-state index contributed by atoms with van der Waals surface area (Å²) in [4.78, 5) is 87.1. The summed E-state index contributed by atoms with van der Waals surface area (Å²) in [6, 6.07) is 7.72. The molecule has 1 atom stereocenters. The lowest BCUT2D eigenvalue weighted by molar-refractivity contribution is -0.193. The average Bonchev–Trinajstić information content (AvgIpc) is 3.17. The molecule has 0 aliphatic carbocycles. The Morgan fingerprint density at radius 1 is 1.00 bits per heavy atom. The highest BCUT2D eigenvalue weighted by molar-refractivity contribution is 7.94. The normalized spacial score (nSPS) is 12.2. The topological polar surface area (TPSA) is 303 Å². The Hall–Kier alpha value is -5.58. The number of methoxy groups -OCH3 is 1. The molecule has 4 rings (SSSR count). The van der Waals surface area contributed by atoms with Crippen LogP contribution in [0.3, 0.4) is 0 Å². The van der Waals surface area contributed by atoms with Crippen molar-refractivity contribution in [2.45, 2.75) is 57.0 Å². The summed E-state index contributed by atoms with van der Waals surface area (Å²) in [5.41, 5.74) is -4.08. The number of aryl methyl sites for hydroxylation is 2. The van der Waals surface area contributed by atoms with Crippen LogP contribution in [0, 0.1) is 6.92 Å². The number of carboxylic acid groups (broad SMARTS) is 1. The van der Waals surface area contributed by atoms with E-state index in [1.165, 1.54) is 44.4 Å². The smallest absolute Gasteiger partial charge is 0.431 e. The van der Waals surface area contributed by atoms with Crippen molar-refractivity contribution in [3.8, 4) is 11.7 Å². The first kappa shape index (κ1) is 60.4. The van der Waals surface area contributed by atoms with Crippen LogP contribution < -0.4 is 36.2 Å². The predicted molar refractivity (Wildman–Crippen MR) is 235 cm³/mol. The summed E-state index contributed by atoms with van der Waals surface area (Å²) in [7, 11) is -5.96. The number of aliphatic carboxylic acids is 1. The first-order valence-electron chi connectivity index (χ1n) is 18.7. The molecule has 5 N–H and O–H groups in total. The van der Waals surface area contributed by atoms with Crippen LogP contribution in [0.5, 0.6) is 6.01 Å². The fourth-order valence-electron chi connectivity index (χ4n) is 4.68. The number of ether oxygens (including phenoxy) is 2. The molecule has 0 fully saturated rings. The minimum Gasteiger partial charge on any atom is -0.778 e. The maximum absolute atomic E-state index is 12.9. The van der Waals surface area contributed by atoms with Gasteiger partial charge in [0.1, 0.15) is 19.1 Å². The molecule has 2 amide bonds. The fraction of sp³-hybridized carbons (Fsp3) is 0.405. The lowest BCUT2D eigenvalue weighted by atomic mass is 10.1. The predicted octanol–water partition coefficient (Wildman–Crippen LogP) is 3.63. The first-order chi connectivity index (χ1) is 31.1. The van der Waals surface area contributed by atoms with Crippen LogP contribution in [0.2, 0.25) is 5.02 Å². The van der Waals surface area contributed by atoms with Crippen LogP contribution in [-0.2, 0) is 54.7 Å². The molecule has 0 bridgehead atoms. The summed E-state index contributed by atoms with van der Waals surface area (Å²) >= 11 is 5.94. The minimum atomic E-state index is -4.86. The van der Waals surface area contributed by atoms with Gasteiger partial charge in [0.05, 0.1) is 66.0 Å². The van der Waals surface area contributed by atoms with Crippen molar-refractivity contribution in [2.75, 3.05) is 44.0 Å². The molecule has 0 radical (unpaired) electrons. The molecule has 31 heteroatoms. The summed E-state index contributed by atoms with van der Waals surface area (Å²) < 4.78 is 123. The van der Waals surface area contributed by atoms with Gasteiger partial charge in [0.15, 0.2) is 0 Å². The molecule has 2 aromatic carbocycles. The fourth-order valence-corrected chi connectivity index (χ4v) is 6.45. The summed E-state index contributed by atoms with van der Waals surface area (Å²) in [5.74, 6) is -2.01. The molecule has 68 heavy (non-hydrogen) atoms. The zero-order chi connectivity index (χ0) is 52.5. The van der Waals surface area contributed by atoms with Crippen LogP contribution in [0.15, 0.2) is 63.0 Å². The Labute approximate surface area is 391 Å². The van der Waals surface area contributed by atoms with Crippen LogP contribution in [0.4, 0.5) is 37.1 Å². The number of carbonyl (C=O) groups excluding carboxylic acids is 2. The van der Waals surface area contributed by atoms with Gasteiger partial charge in [-0.05, 0) is 67.9 Å². The number of halogens is 7. The second kappa shape index (κ2) is 26.3. The standard InChI is InChI=1S/C16H14ClF3N2O4.C15H16F3N5O4S.C3H8NO5P.C3H9S/c1-8(2)26-14(24)10-6-9(4-5-11(10)17)22-13(23)7-12(16(18,19)20)21(3)15(22)25;1-9-19-12(22-14(20-9)27-2)21-13(24)23-28(25,26)11-6-4-3-5-10(11)7-8-15(16,17)18;5-3(6)1-4-2-10(7,8)9;1-4(2)3/h4-8H,1-3H3;3-6H,7-8H2,1-2H3,(H2,19,20,21,22,23,24);4H,1-2H2,(H,5,6)(H2,7,8,9);1-3H3/q;;;+1/p-1. The maximum Gasteiger partial charge on any atom is 0.431 e. The Bertz CT molecular complexity index is 2660. The number of nitrogens with one attached hydrogen (secondary N) is 3. The van der Waals surface area contributed by atoms with Crippen molar-refractivity contribution < 1.29 is 78.1 Å². The van der Waals surface area contributed by atoms with E-state index in [0.717, 1.165) is 19.2 Å². The van der Waals surface area contributed by atoms with E-state index in [4.69, 9.17) is 31.1 Å². The second-order valence-corrected chi connectivity index (χ2v) is 20.1. The number of hydrogen-bond donors (Lipinski definition) is 5. The van der Waals surface area contributed by atoms with E-state index in [-0.39, 0.29) is 39.6 Å².